The third-order valence-electron chi connectivity index (χ3n) is 3.38. The molecule has 21 heavy (non-hydrogen) atoms. The first-order chi connectivity index (χ1) is 10.2. The number of anilines is 1. The van der Waals surface area contributed by atoms with Crippen LogP contribution in [0.3, 0.4) is 0 Å². The molecule has 0 aromatic heterocycles. The highest BCUT2D eigenvalue weighted by Crippen LogP contribution is 2.23. The van der Waals surface area contributed by atoms with Gasteiger partial charge in [-0.2, -0.15) is 5.26 Å². The van der Waals surface area contributed by atoms with Crippen molar-refractivity contribution >= 4 is 11.6 Å². The number of nitrogens with one attached hydrogen (secondary N) is 1. The molecule has 0 unspecified atom stereocenters. The minimum Gasteiger partial charge on any atom is -0.326 e. The van der Waals surface area contributed by atoms with Crippen LogP contribution in [0.15, 0.2) is 54.6 Å². The number of hydrogen-bond donors (Lipinski definition) is 1. The molecule has 0 fully saturated rings. The van der Waals surface area contributed by atoms with E-state index in [-0.39, 0.29) is 11.8 Å². The lowest BCUT2D eigenvalue weighted by molar-refractivity contribution is -0.117. The molecule has 2 aromatic carbocycles. The first kappa shape index (κ1) is 14.8. The molecule has 1 atom stereocenters. The predicted octanol–water partition coefficient (Wildman–Crippen LogP) is 4.08. The van der Waals surface area contributed by atoms with Crippen LogP contribution < -0.4 is 5.32 Å². The fourth-order valence-corrected chi connectivity index (χ4v) is 2.28. The predicted molar refractivity (Wildman–Crippen MR) is 83.9 cm³/mol. The van der Waals surface area contributed by atoms with Crippen LogP contribution in [0, 0.1) is 11.3 Å². The van der Waals surface area contributed by atoms with Gasteiger partial charge in [0.15, 0.2) is 0 Å². The Morgan fingerprint density at radius 1 is 1.14 bits per heavy atom. The Kier molecular flexibility index (Phi) is 5.11. The number of hydrogen-bond acceptors (Lipinski definition) is 2. The molecule has 0 spiro atoms. The Hall–Kier alpha value is -2.60. The zero-order chi connectivity index (χ0) is 15.1. The normalized spacial score (nSPS) is 11.4. The van der Waals surface area contributed by atoms with E-state index in [1.807, 2.05) is 30.3 Å². The summed E-state index contributed by atoms with van der Waals surface area (Å²) in [5, 5.41) is 11.7. The molecule has 1 amide bonds. The van der Waals surface area contributed by atoms with Crippen molar-refractivity contribution in [2.75, 3.05) is 5.32 Å². The zero-order valence-electron chi connectivity index (χ0n) is 12.0. The summed E-state index contributed by atoms with van der Waals surface area (Å²) in [4.78, 5) is 12.5. The molecule has 1 N–H and O–H groups in total. The van der Waals surface area contributed by atoms with Gasteiger partial charge in [0.05, 0.1) is 17.6 Å². The van der Waals surface area contributed by atoms with Crippen molar-refractivity contribution in [3.05, 3.63) is 65.7 Å². The van der Waals surface area contributed by atoms with E-state index in [2.05, 4.69) is 18.3 Å². The van der Waals surface area contributed by atoms with Crippen LogP contribution in [-0.2, 0) is 4.79 Å². The molecule has 0 aliphatic rings. The average molecular weight is 278 g/mol. The molecule has 0 saturated heterocycles. The molecule has 2 aromatic rings. The summed E-state index contributed by atoms with van der Waals surface area (Å²) in [6, 6.07) is 18.8. The fraction of sp³-hybridized carbons (Fsp3) is 0.222. The number of carbonyl (C=O) groups excluding carboxylic acids is 1. The zero-order valence-corrected chi connectivity index (χ0v) is 12.0. The van der Waals surface area contributed by atoms with E-state index in [9.17, 15) is 4.79 Å². The van der Waals surface area contributed by atoms with Crippen molar-refractivity contribution in [3.63, 3.8) is 0 Å². The minimum atomic E-state index is -0.146. The van der Waals surface area contributed by atoms with E-state index in [1.165, 1.54) is 0 Å². The highest BCUT2D eigenvalue weighted by Gasteiger charge is 2.19. The molecule has 3 heteroatoms. The van der Waals surface area contributed by atoms with E-state index in [1.54, 1.807) is 24.3 Å². The first-order valence-corrected chi connectivity index (χ1v) is 7.10. The van der Waals surface area contributed by atoms with E-state index in [0.717, 1.165) is 24.1 Å². The molecule has 0 saturated carbocycles. The Balaban J connectivity index is 2.13. The molecular formula is C18H18N2O. The monoisotopic (exact) mass is 278 g/mol. The van der Waals surface area contributed by atoms with Crippen molar-refractivity contribution in [2.45, 2.75) is 25.7 Å². The third-order valence-corrected chi connectivity index (χ3v) is 3.38. The Morgan fingerprint density at radius 3 is 2.38 bits per heavy atom. The van der Waals surface area contributed by atoms with Gasteiger partial charge in [0.25, 0.3) is 0 Å². The standard InChI is InChI=1S/C18H18N2O/c1-2-6-17(15-7-4-3-5-8-15)18(21)20-16-11-9-14(13-19)10-12-16/h3-5,7-12,17H,2,6H2,1H3,(H,20,21)/t17-/m0/s1. The van der Waals surface area contributed by atoms with Crippen LogP contribution in [-0.4, -0.2) is 5.91 Å². The second-order valence-corrected chi connectivity index (χ2v) is 4.93. The van der Waals surface area contributed by atoms with E-state index in [4.69, 9.17) is 5.26 Å². The topological polar surface area (TPSA) is 52.9 Å². The fourth-order valence-electron chi connectivity index (χ4n) is 2.28. The van der Waals surface area contributed by atoms with E-state index in [0.29, 0.717) is 5.56 Å². The molecule has 0 radical (unpaired) electrons. The molecule has 0 bridgehead atoms. The summed E-state index contributed by atoms with van der Waals surface area (Å²) in [5.41, 5.74) is 2.34. The Morgan fingerprint density at radius 2 is 1.81 bits per heavy atom. The van der Waals surface area contributed by atoms with E-state index < -0.39 is 0 Å². The lowest BCUT2D eigenvalue weighted by atomic mass is 9.93. The second kappa shape index (κ2) is 7.25. The Bertz CT molecular complexity index is 627. The number of rotatable bonds is 5. The maximum Gasteiger partial charge on any atom is 0.231 e. The lowest BCUT2D eigenvalue weighted by Crippen LogP contribution is -2.21. The number of benzene rings is 2. The highest BCUT2D eigenvalue weighted by molar-refractivity contribution is 5.95. The summed E-state index contributed by atoms with van der Waals surface area (Å²) in [6.45, 7) is 2.07. The summed E-state index contributed by atoms with van der Waals surface area (Å²) >= 11 is 0. The SMILES string of the molecule is CCC[C@H](C(=O)Nc1ccc(C#N)cc1)c1ccccc1. The smallest absolute Gasteiger partial charge is 0.231 e. The number of carbonyl (C=O) groups is 1. The van der Waals surface area contributed by atoms with Gasteiger partial charge in [-0.05, 0) is 36.2 Å². The maximum absolute atomic E-state index is 12.5. The van der Waals surface area contributed by atoms with Gasteiger partial charge >= 0.3 is 0 Å². The van der Waals surface area contributed by atoms with Gasteiger partial charge in [-0.25, -0.2) is 0 Å². The molecule has 0 aliphatic carbocycles. The maximum atomic E-state index is 12.5. The van der Waals surface area contributed by atoms with Gasteiger partial charge in [0.2, 0.25) is 5.91 Å². The van der Waals surface area contributed by atoms with Crippen LogP contribution in [0.2, 0.25) is 0 Å². The highest BCUT2D eigenvalue weighted by atomic mass is 16.1. The minimum absolute atomic E-state index is 0.00671. The van der Waals surface area contributed by atoms with Crippen molar-refractivity contribution < 1.29 is 4.79 Å². The van der Waals surface area contributed by atoms with Crippen LogP contribution in [0.5, 0.6) is 0 Å². The van der Waals surface area contributed by atoms with Crippen molar-refractivity contribution in [1.29, 1.82) is 5.26 Å². The number of amides is 1. The van der Waals surface area contributed by atoms with Gasteiger partial charge in [0.1, 0.15) is 0 Å². The van der Waals surface area contributed by atoms with Gasteiger partial charge in [0, 0.05) is 5.69 Å². The van der Waals surface area contributed by atoms with Gasteiger partial charge in [-0.1, -0.05) is 43.7 Å². The van der Waals surface area contributed by atoms with Gasteiger partial charge in [-0.15, -0.1) is 0 Å². The molecule has 0 aliphatic heterocycles. The molecule has 106 valence electrons. The van der Waals surface area contributed by atoms with E-state index >= 15 is 0 Å². The third kappa shape index (κ3) is 3.93. The summed E-state index contributed by atoms with van der Waals surface area (Å²) in [7, 11) is 0. The Labute approximate surface area is 125 Å². The second-order valence-electron chi connectivity index (χ2n) is 4.93. The average Bonchev–Trinajstić information content (AvgIpc) is 2.54. The summed E-state index contributed by atoms with van der Waals surface area (Å²) < 4.78 is 0. The largest absolute Gasteiger partial charge is 0.326 e. The lowest BCUT2D eigenvalue weighted by Gasteiger charge is -2.16. The molecule has 3 nitrogen and oxygen atoms in total. The number of nitriles is 1. The molecule has 0 heterocycles. The van der Waals surface area contributed by atoms with Crippen LogP contribution >= 0.6 is 0 Å². The number of nitrogens with zero attached hydrogens (tertiary/aromatic N) is 1. The van der Waals surface area contributed by atoms with Crippen molar-refractivity contribution in [1.82, 2.24) is 0 Å². The van der Waals surface area contributed by atoms with Crippen LogP contribution in [0.4, 0.5) is 5.69 Å². The summed E-state index contributed by atoms with van der Waals surface area (Å²) in [6.07, 6.45) is 1.76. The summed E-state index contributed by atoms with van der Waals surface area (Å²) in [5.74, 6) is -0.153. The van der Waals surface area contributed by atoms with Gasteiger partial charge < -0.3 is 5.32 Å². The van der Waals surface area contributed by atoms with Gasteiger partial charge in [-0.3, -0.25) is 4.79 Å². The van der Waals surface area contributed by atoms with Crippen molar-refractivity contribution in [2.24, 2.45) is 0 Å². The van der Waals surface area contributed by atoms with Crippen LogP contribution in [0.1, 0.15) is 36.8 Å². The molecule has 2 rings (SSSR count). The van der Waals surface area contributed by atoms with Crippen molar-refractivity contribution in [3.8, 4) is 6.07 Å². The first-order valence-electron chi connectivity index (χ1n) is 7.10. The van der Waals surface area contributed by atoms with Crippen LogP contribution in [0.25, 0.3) is 0 Å². The molecular weight excluding hydrogens is 260 g/mol. The quantitative estimate of drug-likeness (QED) is 0.896.